The quantitative estimate of drug-likeness (QED) is 0.588. The highest BCUT2D eigenvalue weighted by Gasteiger charge is 2.42. The van der Waals surface area contributed by atoms with E-state index in [2.05, 4.69) is 0 Å². The highest BCUT2D eigenvalue weighted by molar-refractivity contribution is 6.44. The fraction of sp³-hybridized carbons (Fsp3) is 0.182. The van der Waals surface area contributed by atoms with Crippen LogP contribution in [0.15, 0.2) is 24.3 Å². The average molecular weight is 253 g/mol. The first-order valence-electron chi connectivity index (χ1n) is 4.89. The van der Waals surface area contributed by atoms with Crippen molar-refractivity contribution in [2.45, 2.75) is 6.54 Å². The molecule has 1 aliphatic rings. The summed E-state index contributed by atoms with van der Waals surface area (Å²) in [5.74, 6) is -1.64. The third-order valence-corrected chi connectivity index (χ3v) is 2.91. The fourth-order valence-corrected chi connectivity index (χ4v) is 1.75. The molecule has 0 spiro atoms. The predicted octanol–water partition coefficient (Wildman–Crippen LogP) is 1.26. The Labute approximate surface area is 103 Å². The van der Waals surface area contributed by atoms with Crippen LogP contribution in [0.3, 0.4) is 0 Å². The largest absolute Gasteiger partial charge is 0.334 e. The van der Waals surface area contributed by atoms with Crippen LogP contribution in [0.5, 0.6) is 0 Å². The van der Waals surface area contributed by atoms with E-state index in [1.54, 1.807) is 24.3 Å². The first-order chi connectivity index (χ1) is 8.02. The lowest BCUT2D eigenvalue weighted by Crippen LogP contribution is -2.31. The number of nitrogens with zero attached hydrogens (tertiary/aromatic N) is 2. The monoisotopic (exact) mass is 252 g/mol. The number of urea groups is 1. The summed E-state index contributed by atoms with van der Waals surface area (Å²) in [6, 6.07) is 6.23. The molecule has 0 saturated carbocycles. The van der Waals surface area contributed by atoms with Crippen molar-refractivity contribution in [3.05, 3.63) is 34.9 Å². The molecule has 4 amide bonds. The number of likely N-dealkylation sites (N-methyl/N-ethyl adjacent to an activating group) is 1. The number of hydrogen-bond donors (Lipinski definition) is 0. The van der Waals surface area contributed by atoms with Crippen LogP contribution in [0.4, 0.5) is 4.79 Å². The van der Waals surface area contributed by atoms with Crippen molar-refractivity contribution in [1.29, 1.82) is 0 Å². The van der Waals surface area contributed by atoms with Gasteiger partial charge < -0.3 is 0 Å². The second-order valence-electron chi connectivity index (χ2n) is 3.63. The molecular weight excluding hydrogens is 244 g/mol. The highest BCUT2D eigenvalue weighted by Crippen LogP contribution is 2.20. The summed E-state index contributed by atoms with van der Waals surface area (Å²) in [5.41, 5.74) is 0.624. The third kappa shape index (κ3) is 1.89. The van der Waals surface area contributed by atoms with Crippen LogP contribution < -0.4 is 0 Å². The molecule has 1 saturated heterocycles. The zero-order valence-corrected chi connectivity index (χ0v) is 9.77. The van der Waals surface area contributed by atoms with Gasteiger partial charge in [-0.1, -0.05) is 29.8 Å². The summed E-state index contributed by atoms with van der Waals surface area (Å²) < 4.78 is 0. The van der Waals surface area contributed by atoms with Gasteiger partial charge in [-0.3, -0.25) is 19.4 Å². The molecule has 0 aliphatic carbocycles. The van der Waals surface area contributed by atoms with Crippen molar-refractivity contribution in [2.75, 3.05) is 7.05 Å². The van der Waals surface area contributed by atoms with Gasteiger partial charge >= 0.3 is 17.8 Å². The Bertz CT molecular complexity index is 515. The van der Waals surface area contributed by atoms with E-state index in [1.807, 2.05) is 0 Å². The Morgan fingerprint density at radius 2 is 1.76 bits per heavy atom. The van der Waals surface area contributed by atoms with Gasteiger partial charge in [0.05, 0.1) is 6.54 Å². The third-order valence-electron chi connectivity index (χ3n) is 2.54. The van der Waals surface area contributed by atoms with E-state index in [4.69, 9.17) is 11.6 Å². The number of imide groups is 2. The second-order valence-corrected chi connectivity index (χ2v) is 4.04. The van der Waals surface area contributed by atoms with Gasteiger partial charge in [0.15, 0.2) is 0 Å². The number of carbonyl (C=O) groups excluding carboxylic acids is 3. The second kappa shape index (κ2) is 4.18. The van der Waals surface area contributed by atoms with Crippen molar-refractivity contribution in [3.8, 4) is 0 Å². The maximum Gasteiger partial charge on any atom is 0.334 e. The van der Waals surface area contributed by atoms with Crippen molar-refractivity contribution >= 4 is 29.4 Å². The van der Waals surface area contributed by atoms with Crippen LogP contribution in [-0.2, 0) is 16.1 Å². The standard InChI is InChI=1S/C11H9ClN2O3/c1-13-9(15)10(16)14(11(13)17)6-7-4-2-3-5-8(7)12/h2-5H,6H2,1H3. The average Bonchev–Trinajstić information content (AvgIpc) is 2.50. The molecule has 1 aromatic carbocycles. The van der Waals surface area contributed by atoms with Gasteiger partial charge in [0, 0.05) is 12.1 Å². The molecule has 0 unspecified atom stereocenters. The summed E-state index contributed by atoms with van der Waals surface area (Å²) in [5, 5.41) is 0.454. The van der Waals surface area contributed by atoms with Crippen LogP contribution in [0.25, 0.3) is 0 Å². The Hall–Kier alpha value is -1.88. The van der Waals surface area contributed by atoms with Gasteiger partial charge in [0.2, 0.25) is 0 Å². The van der Waals surface area contributed by atoms with Crippen molar-refractivity contribution in [1.82, 2.24) is 9.80 Å². The number of hydrogen-bond acceptors (Lipinski definition) is 3. The van der Waals surface area contributed by atoms with Gasteiger partial charge in [-0.05, 0) is 11.6 Å². The Morgan fingerprint density at radius 1 is 1.12 bits per heavy atom. The number of halogens is 1. The molecule has 6 heteroatoms. The van der Waals surface area contributed by atoms with E-state index in [0.717, 1.165) is 9.80 Å². The van der Waals surface area contributed by atoms with E-state index in [0.29, 0.717) is 10.6 Å². The van der Waals surface area contributed by atoms with Gasteiger partial charge in [-0.25, -0.2) is 4.79 Å². The number of amides is 4. The van der Waals surface area contributed by atoms with Crippen molar-refractivity contribution < 1.29 is 14.4 Å². The van der Waals surface area contributed by atoms with Crippen LogP contribution in [-0.4, -0.2) is 34.7 Å². The summed E-state index contributed by atoms with van der Waals surface area (Å²) in [6.45, 7) is 0.00736. The van der Waals surface area contributed by atoms with E-state index in [-0.39, 0.29) is 6.54 Å². The predicted molar refractivity (Wildman–Crippen MR) is 60.2 cm³/mol. The van der Waals surface area contributed by atoms with E-state index in [9.17, 15) is 14.4 Å². The van der Waals surface area contributed by atoms with E-state index >= 15 is 0 Å². The van der Waals surface area contributed by atoms with Gasteiger partial charge in [-0.2, -0.15) is 0 Å². The first-order valence-corrected chi connectivity index (χ1v) is 5.27. The van der Waals surface area contributed by atoms with E-state index < -0.39 is 17.8 Å². The number of carbonyl (C=O) groups is 3. The lowest BCUT2D eigenvalue weighted by atomic mass is 10.2. The summed E-state index contributed by atoms with van der Waals surface area (Å²) in [6.07, 6.45) is 0. The molecule has 0 bridgehead atoms. The molecule has 1 aliphatic heterocycles. The molecule has 0 radical (unpaired) electrons. The molecule has 5 nitrogen and oxygen atoms in total. The minimum Gasteiger partial charge on any atom is -0.263 e. The molecule has 1 aromatic rings. The Morgan fingerprint density at radius 3 is 2.29 bits per heavy atom. The molecule has 0 N–H and O–H groups in total. The number of rotatable bonds is 2. The summed E-state index contributed by atoms with van der Waals surface area (Å²) >= 11 is 5.92. The van der Waals surface area contributed by atoms with Crippen LogP contribution >= 0.6 is 11.6 Å². The maximum atomic E-state index is 11.6. The molecule has 0 aromatic heterocycles. The van der Waals surface area contributed by atoms with Gasteiger partial charge in [-0.15, -0.1) is 0 Å². The molecule has 1 heterocycles. The van der Waals surface area contributed by atoms with Crippen LogP contribution in [0.2, 0.25) is 5.02 Å². The topological polar surface area (TPSA) is 57.7 Å². The number of benzene rings is 1. The van der Waals surface area contributed by atoms with Crippen LogP contribution in [0, 0.1) is 0 Å². The summed E-state index contributed by atoms with van der Waals surface area (Å²) in [4.78, 5) is 36.1. The fourth-order valence-electron chi connectivity index (χ4n) is 1.55. The zero-order valence-electron chi connectivity index (χ0n) is 9.01. The highest BCUT2D eigenvalue weighted by atomic mass is 35.5. The minimum atomic E-state index is -0.822. The maximum absolute atomic E-state index is 11.6. The molecule has 0 atom stereocenters. The molecule has 2 rings (SSSR count). The SMILES string of the molecule is CN1C(=O)C(=O)N(Cc2ccccc2Cl)C1=O. The smallest absolute Gasteiger partial charge is 0.263 e. The van der Waals surface area contributed by atoms with E-state index in [1.165, 1.54) is 7.05 Å². The van der Waals surface area contributed by atoms with Gasteiger partial charge in [0.1, 0.15) is 0 Å². The van der Waals surface area contributed by atoms with Crippen LogP contribution in [0.1, 0.15) is 5.56 Å². The lowest BCUT2D eigenvalue weighted by molar-refractivity contribution is -0.143. The molecular formula is C11H9ClN2O3. The van der Waals surface area contributed by atoms with Gasteiger partial charge in [0.25, 0.3) is 0 Å². The zero-order chi connectivity index (χ0) is 12.6. The summed E-state index contributed by atoms with van der Waals surface area (Å²) in [7, 11) is 1.27. The molecule has 1 fully saturated rings. The minimum absolute atomic E-state index is 0.00736. The first kappa shape index (κ1) is 11.6. The lowest BCUT2D eigenvalue weighted by Gasteiger charge is -2.13. The molecule has 88 valence electrons. The normalized spacial score (nSPS) is 16.0. The Balaban J connectivity index is 2.26. The molecule has 17 heavy (non-hydrogen) atoms. The van der Waals surface area contributed by atoms with Crippen molar-refractivity contribution in [2.24, 2.45) is 0 Å². The Kier molecular flexibility index (Phi) is 2.85. The van der Waals surface area contributed by atoms with Crippen molar-refractivity contribution in [3.63, 3.8) is 0 Å².